The number of nitrogens with zero attached hydrogens (tertiary/aromatic N) is 3. The van der Waals surface area contributed by atoms with E-state index in [1.807, 2.05) is 38.1 Å². The molecule has 2 atom stereocenters. The summed E-state index contributed by atoms with van der Waals surface area (Å²) in [5.74, 6) is 1.68. The molecule has 1 aliphatic heterocycles. The summed E-state index contributed by atoms with van der Waals surface area (Å²) < 4.78 is 11.2. The maximum absolute atomic E-state index is 13.6. The number of carbonyl (C=O) groups excluding carboxylic acids is 1. The van der Waals surface area contributed by atoms with Gasteiger partial charge in [0.05, 0.1) is 30.5 Å². The van der Waals surface area contributed by atoms with Crippen LogP contribution in [0.3, 0.4) is 0 Å². The average molecular weight is 482 g/mol. The van der Waals surface area contributed by atoms with Crippen LogP contribution in [-0.2, 0) is 0 Å². The van der Waals surface area contributed by atoms with E-state index in [1.54, 1.807) is 29.5 Å². The van der Waals surface area contributed by atoms with Gasteiger partial charge >= 0.3 is 0 Å². The number of rotatable bonds is 7. The van der Waals surface area contributed by atoms with Crippen molar-refractivity contribution in [3.05, 3.63) is 95.3 Å². The monoisotopic (exact) mass is 481 g/mol. The summed E-state index contributed by atoms with van der Waals surface area (Å²) in [6.45, 7) is 5.21. The molecule has 6 nitrogen and oxygen atoms in total. The number of ether oxygens (including phenoxy) is 2. The highest BCUT2D eigenvalue weighted by Gasteiger charge is 2.44. The van der Waals surface area contributed by atoms with Gasteiger partial charge < -0.3 is 9.47 Å². The molecule has 1 amide bonds. The van der Waals surface area contributed by atoms with Gasteiger partial charge in [0.25, 0.3) is 5.91 Å². The van der Waals surface area contributed by atoms with Crippen LogP contribution >= 0.6 is 0 Å². The first-order valence-electron chi connectivity index (χ1n) is 12.7. The summed E-state index contributed by atoms with van der Waals surface area (Å²) in [5, 5.41) is 6.65. The molecule has 3 aromatic rings. The molecule has 0 N–H and O–H groups in total. The molecule has 2 heterocycles. The van der Waals surface area contributed by atoms with Gasteiger partial charge in [-0.25, -0.2) is 5.01 Å². The molecule has 0 bridgehead atoms. The molecule has 2 aromatic carbocycles. The third-order valence-corrected chi connectivity index (χ3v) is 6.68. The highest BCUT2D eigenvalue weighted by molar-refractivity contribution is 6.09. The van der Waals surface area contributed by atoms with E-state index in [0.717, 1.165) is 47.6 Å². The number of pyridine rings is 1. The number of fused-ring (bicyclic) bond motifs is 1. The maximum atomic E-state index is 13.6. The lowest BCUT2D eigenvalue weighted by Gasteiger charge is -2.29. The van der Waals surface area contributed by atoms with E-state index >= 15 is 0 Å². The van der Waals surface area contributed by atoms with Crippen LogP contribution in [0.1, 0.15) is 60.6 Å². The van der Waals surface area contributed by atoms with Gasteiger partial charge in [-0.2, -0.15) is 5.10 Å². The van der Waals surface area contributed by atoms with E-state index < -0.39 is 0 Å². The van der Waals surface area contributed by atoms with Gasteiger partial charge in [-0.3, -0.25) is 9.78 Å². The number of allylic oxidation sites excluding steroid dienone is 1. The predicted molar refractivity (Wildman–Crippen MR) is 141 cm³/mol. The number of hydrogen-bond donors (Lipinski definition) is 0. The molecule has 0 unspecified atom stereocenters. The molecule has 1 aliphatic carbocycles. The van der Waals surface area contributed by atoms with E-state index in [2.05, 4.69) is 35.3 Å². The van der Waals surface area contributed by atoms with Gasteiger partial charge in [-0.1, -0.05) is 24.3 Å². The van der Waals surface area contributed by atoms with Crippen LogP contribution in [0.5, 0.6) is 11.5 Å². The van der Waals surface area contributed by atoms with Gasteiger partial charge in [-0.05, 0) is 92.3 Å². The van der Waals surface area contributed by atoms with Crippen molar-refractivity contribution in [3.63, 3.8) is 0 Å². The molecule has 5 rings (SSSR count). The standard InChI is InChI=1S/C30H31N3O3/c1-3-35-25-14-10-21(11-15-25)19-23-7-5-9-27-28(23)32-33(30(34)24-8-6-18-31-20-24)29(27)22-12-16-26(17-13-22)36-4-2/h6,8,10-20,27,29H,3-5,7,9H2,1-2H3/b23-19+/t27-,29+/m1/s1. The second-order valence-corrected chi connectivity index (χ2v) is 8.99. The molecule has 1 saturated carbocycles. The number of benzene rings is 2. The van der Waals surface area contributed by atoms with Gasteiger partial charge in [0, 0.05) is 18.3 Å². The zero-order chi connectivity index (χ0) is 24.9. The summed E-state index contributed by atoms with van der Waals surface area (Å²) in [6, 6.07) is 19.6. The van der Waals surface area contributed by atoms with Crippen LogP contribution < -0.4 is 9.47 Å². The summed E-state index contributed by atoms with van der Waals surface area (Å²) in [4.78, 5) is 17.8. The van der Waals surface area contributed by atoms with Crippen LogP contribution in [0.15, 0.2) is 83.7 Å². The fraction of sp³-hybridized carbons (Fsp3) is 0.300. The largest absolute Gasteiger partial charge is 0.494 e. The Morgan fingerprint density at radius 1 is 1.00 bits per heavy atom. The first-order valence-corrected chi connectivity index (χ1v) is 12.7. The van der Waals surface area contributed by atoms with Gasteiger partial charge in [0.15, 0.2) is 0 Å². The van der Waals surface area contributed by atoms with Crippen molar-refractivity contribution in [2.45, 2.75) is 39.2 Å². The van der Waals surface area contributed by atoms with E-state index in [0.29, 0.717) is 18.8 Å². The van der Waals surface area contributed by atoms with Crippen molar-refractivity contribution < 1.29 is 14.3 Å². The Hall–Kier alpha value is -3.93. The SMILES string of the molecule is CCOc1ccc(/C=C2\CCC[C@@H]3C2=NN(C(=O)c2cccnc2)[C@H]3c2ccc(OCC)cc2)cc1. The smallest absolute Gasteiger partial charge is 0.276 e. The molecule has 36 heavy (non-hydrogen) atoms. The third-order valence-electron chi connectivity index (χ3n) is 6.68. The normalized spacial score (nSPS) is 20.1. The lowest BCUT2D eigenvalue weighted by atomic mass is 9.77. The number of hydrogen-bond acceptors (Lipinski definition) is 5. The fourth-order valence-electron chi connectivity index (χ4n) is 5.08. The maximum Gasteiger partial charge on any atom is 0.276 e. The molecular formula is C30H31N3O3. The fourth-order valence-corrected chi connectivity index (χ4v) is 5.08. The summed E-state index contributed by atoms with van der Waals surface area (Å²) in [5.41, 5.74) is 4.89. The molecule has 0 saturated heterocycles. The summed E-state index contributed by atoms with van der Waals surface area (Å²) in [7, 11) is 0. The Kier molecular flexibility index (Phi) is 7.12. The van der Waals surface area contributed by atoms with E-state index in [1.165, 1.54) is 5.57 Å². The lowest BCUT2D eigenvalue weighted by molar-refractivity contribution is 0.0680. The zero-order valence-corrected chi connectivity index (χ0v) is 20.8. The summed E-state index contributed by atoms with van der Waals surface area (Å²) in [6.07, 6.45) is 8.45. The molecule has 0 radical (unpaired) electrons. The van der Waals surface area contributed by atoms with Crippen molar-refractivity contribution in [2.75, 3.05) is 13.2 Å². The van der Waals surface area contributed by atoms with Gasteiger partial charge in [0.2, 0.25) is 0 Å². The van der Waals surface area contributed by atoms with Crippen LogP contribution in [-0.4, -0.2) is 34.8 Å². The van der Waals surface area contributed by atoms with Crippen molar-refractivity contribution in [3.8, 4) is 11.5 Å². The van der Waals surface area contributed by atoms with Crippen LogP contribution in [0.25, 0.3) is 6.08 Å². The highest BCUT2D eigenvalue weighted by atomic mass is 16.5. The first kappa shape index (κ1) is 23.8. The van der Waals surface area contributed by atoms with Crippen molar-refractivity contribution >= 4 is 17.7 Å². The second-order valence-electron chi connectivity index (χ2n) is 8.99. The van der Waals surface area contributed by atoms with Crippen LogP contribution in [0.4, 0.5) is 0 Å². The zero-order valence-electron chi connectivity index (χ0n) is 20.8. The molecular weight excluding hydrogens is 450 g/mol. The summed E-state index contributed by atoms with van der Waals surface area (Å²) >= 11 is 0. The Morgan fingerprint density at radius 3 is 2.33 bits per heavy atom. The number of carbonyl (C=O) groups is 1. The van der Waals surface area contributed by atoms with Crippen LogP contribution in [0.2, 0.25) is 0 Å². The Morgan fingerprint density at radius 2 is 1.69 bits per heavy atom. The van der Waals surface area contributed by atoms with E-state index in [4.69, 9.17) is 14.6 Å². The number of aromatic nitrogens is 1. The third kappa shape index (κ3) is 4.89. The lowest BCUT2D eigenvalue weighted by Crippen LogP contribution is -2.32. The molecule has 1 aromatic heterocycles. The topological polar surface area (TPSA) is 64.0 Å². The highest BCUT2D eigenvalue weighted by Crippen LogP contribution is 2.45. The number of amides is 1. The quantitative estimate of drug-likeness (QED) is 0.396. The average Bonchev–Trinajstić information content (AvgIpc) is 3.31. The Labute approximate surface area is 212 Å². The van der Waals surface area contributed by atoms with Crippen molar-refractivity contribution in [1.82, 2.24) is 9.99 Å². The molecule has 2 aliphatic rings. The Balaban J connectivity index is 1.51. The van der Waals surface area contributed by atoms with E-state index in [9.17, 15) is 4.79 Å². The van der Waals surface area contributed by atoms with Crippen LogP contribution in [0, 0.1) is 5.92 Å². The van der Waals surface area contributed by atoms with Crippen molar-refractivity contribution in [1.29, 1.82) is 0 Å². The molecule has 6 heteroatoms. The minimum atomic E-state index is -0.174. The number of hydrazone groups is 1. The molecule has 184 valence electrons. The van der Waals surface area contributed by atoms with Gasteiger partial charge in [-0.15, -0.1) is 0 Å². The Bertz CT molecular complexity index is 1250. The minimum Gasteiger partial charge on any atom is -0.494 e. The molecule has 0 spiro atoms. The van der Waals surface area contributed by atoms with E-state index in [-0.39, 0.29) is 17.9 Å². The minimum absolute atomic E-state index is 0.131. The van der Waals surface area contributed by atoms with Crippen molar-refractivity contribution in [2.24, 2.45) is 11.0 Å². The predicted octanol–water partition coefficient (Wildman–Crippen LogP) is 6.32. The molecule has 1 fully saturated rings. The first-order chi connectivity index (χ1) is 17.7. The van der Waals surface area contributed by atoms with Gasteiger partial charge in [0.1, 0.15) is 11.5 Å². The second kappa shape index (κ2) is 10.8.